The topological polar surface area (TPSA) is 61.8 Å². The number of carbonyl (C=O) groups excluding carboxylic acids is 1. The molecule has 1 aliphatic rings. The summed E-state index contributed by atoms with van der Waals surface area (Å²) in [4.78, 5) is 12.5. The minimum atomic E-state index is -0.486. The summed E-state index contributed by atoms with van der Waals surface area (Å²) in [5, 5.41) is 12.3. The molecular formula is C7H15BN2O3. The summed E-state index contributed by atoms with van der Waals surface area (Å²) in [5.74, 6) is -0.301. The fourth-order valence-electron chi connectivity index (χ4n) is 1.36. The molecule has 2 N–H and O–H groups in total. The molecule has 0 aromatic heterocycles. The van der Waals surface area contributed by atoms with E-state index in [1.807, 2.05) is 4.81 Å². The SMILES string of the molecule is CB(O)N1CCN[C@@H](OC(C)=O)C1. The molecule has 1 saturated heterocycles. The van der Waals surface area contributed by atoms with Gasteiger partial charge in [-0.3, -0.25) is 10.1 Å². The lowest BCUT2D eigenvalue weighted by molar-refractivity contribution is -0.149. The Morgan fingerprint density at radius 1 is 1.77 bits per heavy atom. The first-order valence-corrected chi connectivity index (χ1v) is 4.42. The van der Waals surface area contributed by atoms with Crippen molar-refractivity contribution in [3.05, 3.63) is 0 Å². The molecule has 74 valence electrons. The van der Waals surface area contributed by atoms with Gasteiger partial charge >= 0.3 is 13.0 Å². The maximum Gasteiger partial charge on any atom is 0.376 e. The van der Waals surface area contributed by atoms with E-state index < -0.39 is 7.05 Å². The zero-order valence-electron chi connectivity index (χ0n) is 7.99. The molecule has 0 bridgehead atoms. The molecule has 13 heavy (non-hydrogen) atoms. The van der Waals surface area contributed by atoms with Crippen LogP contribution in [0.15, 0.2) is 0 Å². The Morgan fingerprint density at radius 3 is 3.00 bits per heavy atom. The van der Waals surface area contributed by atoms with Crippen LogP contribution in [0.3, 0.4) is 0 Å². The molecule has 0 aromatic rings. The van der Waals surface area contributed by atoms with Gasteiger partial charge in [0.25, 0.3) is 0 Å². The van der Waals surface area contributed by atoms with Crippen LogP contribution in [0.25, 0.3) is 0 Å². The van der Waals surface area contributed by atoms with Gasteiger partial charge in [-0.15, -0.1) is 0 Å². The molecule has 0 amide bonds. The number of nitrogens with one attached hydrogen (secondary N) is 1. The zero-order valence-corrected chi connectivity index (χ0v) is 7.99. The van der Waals surface area contributed by atoms with Gasteiger partial charge in [-0.05, 0) is 6.82 Å². The number of ether oxygens (including phenoxy) is 1. The summed E-state index contributed by atoms with van der Waals surface area (Å²) in [5.41, 5.74) is 0. The van der Waals surface area contributed by atoms with Gasteiger partial charge in [0.05, 0.1) is 0 Å². The zero-order chi connectivity index (χ0) is 9.84. The molecule has 1 fully saturated rings. The summed E-state index contributed by atoms with van der Waals surface area (Å²) in [6.45, 7) is 5.12. The standard InChI is InChI=1S/C7H15BN2O3/c1-6(11)13-7-5-10(8(2)12)4-3-9-7/h7,9,12H,3-5H2,1-2H3/t7-/m0/s1. The van der Waals surface area contributed by atoms with Crippen molar-refractivity contribution in [2.75, 3.05) is 19.6 Å². The van der Waals surface area contributed by atoms with E-state index in [2.05, 4.69) is 5.32 Å². The van der Waals surface area contributed by atoms with E-state index in [1.165, 1.54) is 6.92 Å². The van der Waals surface area contributed by atoms with Crippen LogP contribution >= 0.6 is 0 Å². The Bertz CT molecular complexity index is 189. The lowest BCUT2D eigenvalue weighted by Crippen LogP contribution is -2.56. The van der Waals surface area contributed by atoms with Crippen LogP contribution in [0.1, 0.15) is 6.92 Å². The molecule has 1 atom stereocenters. The molecule has 0 saturated carbocycles. The summed E-state index contributed by atoms with van der Waals surface area (Å²) in [7, 11) is -0.486. The predicted molar refractivity (Wildman–Crippen MR) is 49.0 cm³/mol. The van der Waals surface area contributed by atoms with Crippen molar-refractivity contribution in [2.24, 2.45) is 0 Å². The quantitative estimate of drug-likeness (QED) is 0.423. The van der Waals surface area contributed by atoms with Crippen molar-refractivity contribution in [1.82, 2.24) is 10.1 Å². The molecule has 0 unspecified atom stereocenters. The van der Waals surface area contributed by atoms with Gasteiger partial charge in [-0.2, -0.15) is 0 Å². The predicted octanol–water partition coefficient (Wildman–Crippen LogP) is -1.11. The summed E-state index contributed by atoms with van der Waals surface area (Å²) < 4.78 is 4.97. The van der Waals surface area contributed by atoms with E-state index in [-0.39, 0.29) is 12.2 Å². The first kappa shape index (κ1) is 10.5. The van der Waals surface area contributed by atoms with E-state index in [0.717, 1.165) is 13.1 Å². The monoisotopic (exact) mass is 186 g/mol. The Labute approximate surface area is 78.2 Å². The molecular weight excluding hydrogens is 171 g/mol. The average Bonchev–Trinajstić information content (AvgIpc) is 2.03. The van der Waals surface area contributed by atoms with Gasteiger partial charge in [-0.1, -0.05) is 0 Å². The Kier molecular flexibility index (Phi) is 3.71. The number of hydrogen-bond donors (Lipinski definition) is 2. The van der Waals surface area contributed by atoms with Crippen molar-refractivity contribution in [2.45, 2.75) is 20.0 Å². The molecule has 0 spiro atoms. The second-order valence-corrected chi connectivity index (χ2v) is 3.18. The van der Waals surface area contributed by atoms with Gasteiger partial charge in [0.1, 0.15) is 0 Å². The fraction of sp³-hybridized carbons (Fsp3) is 0.857. The van der Waals surface area contributed by atoms with Crippen LogP contribution in [0.2, 0.25) is 6.82 Å². The summed E-state index contributed by atoms with van der Waals surface area (Å²) >= 11 is 0. The normalized spacial score (nSPS) is 24.1. The first-order valence-electron chi connectivity index (χ1n) is 4.42. The highest BCUT2D eigenvalue weighted by atomic mass is 16.6. The van der Waals surface area contributed by atoms with Gasteiger partial charge in [0, 0.05) is 26.6 Å². The van der Waals surface area contributed by atoms with Gasteiger partial charge in [0.2, 0.25) is 0 Å². The molecule has 0 aromatic carbocycles. The lowest BCUT2D eigenvalue weighted by atomic mass is 9.84. The first-order chi connectivity index (χ1) is 6.09. The maximum absolute atomic E-state index is 10.6. The summed E-state index contributed by atoms with van der Waals surface area (Å²) in [6, 6.07) is 0. The third-order valence-electron chi connectivity index (χ3n) is 2.01. The van der Waals surface area contributed by atoms with Gasteiger partial charge < -0.3 is 14.6 Å². The second-order valence-electron chi connectivity index (χ2n) is 3.18. The van der Waals surface area contributed by atoms with E-state index in [0.29, 0.717) is 6.54 Å². The van der Waals surface area contributed by atoms with Crippen molar-refractivity contribution in [1.29, 1.82) is 0 Å². The molecule has 6 heteroatoms. The Morgan fingerprint density at radius 2 is 2.46 bits per heavy atom. The van der Waals surface area contributed by atoms with E-state index in [9.17, 15) is 9.82 Å². The Hall–Kier alpha value is -0.585. The van der Waals surface area contributed by atoms with E-state index >= 15 is 0 Å². The van der Waals surface area contributed by atoms with Crippen LogP contribution in [0.4, 0.5) is 0 Å². The number of rotatable bonds is 2. The van der Waals surface area contributed by atoms with Crippen LogP contribution in [0.5, 0.6) is 0 Å². The molecule has 1 aliphatic heterocycles. The van der Waals surface area contributed by atoms with Crippen molar-refractivity contribution in [3.63, 3.8) is 0 Å². The molecule has 0 radical (unpaired) electrons. The molecule has 5 nitrogen and oxygen atoms in total. The molecule has 1 heterocycles. The number of piperazine rings is 1. The van der Waals surface area contributed by atoms with Crippen LogP contribution in [-0.2, 0) is 9.53 Å². The van der Waals surface area contributed by atoms with Crippen LogP contribution in [0, 0.1) is 0 Å². The number of hydrogen-bond acceptors (Lipinski definition) is 5. The Balaban J connectivity index is 2.37. The number of esters is 1. The van der Waals surface area contributed by atoms with E-state index in [1.54, 1.807) is 6.82 Å². The highest BCUT2D eigenvalue weighted by molar-refractivity contribution is 6.45. The minimum Gasteiger partial charge on any atom is -0.445 e. The van der Waals surface area contributed by atoms with Crippen molar-refractivity contribution in [3.8, 4) is 0 Å². The third kappa shape index (κ3) is 3.34. The van der Waals surface area contributed by atoms with Crippen molar-refractivity contribution < 1.29 is 14.6 Å². The lowest BCUT2D eigenvalue weighted by Gasteiger charge is -2.33. The highest BCUT2D eigenvalue weighted by Gasteiger charge is 2.25. The number of carbonyl (C=O) groups is 1. The second kappa shape index (κ2) is 4.60. The largest absolute Gasteiger partial charge is 0.445 e. The summed E-state index contributed by atoms with van der Waals surface area (Å²) in [6.07, 6.45) is -0.291. The van der Waals surface area contributed by atoms with E-state index in [4.69, 9.17) is 4.74 Å². The fourth-order valence-corrected chi connectivity index (χ4v) is 1.36. The minimum absolute atomic E-state index is 0.291. The van der Waals surface area contributed by atoms with Crippen LogP contribution in [-0.4, -0.2) is 48.7 Å². The highest BCUT2D eigenvalue weighted by Crippen LogP contribution is 2.01. The smallest absolute Gasteiger partial charge is 0.376 e. The van der Waals surface area contributed by atoms with Crippen LogP contribution < -0.4 is 5.32 Å². The van der Waals surface area contributed by atoms with Crippen molar-refractivity contribution >= 4 is 13.0 Å². The van der Waals surface area contributed by atoms with Gasteiger partial charge in [-0.25, -0.2) is 0 Å². The number of nitrogens with zero attached hydrogens (tertiary/aromatic N) is 1. The average molecular weight is 186 g/mol. The molecule has 0 aliphatic carbocycles. The van der Waals surface area contributed by atoms with Gasteiger partial charge in [0.15, 0.2) is 6.23 Å². The maximum atomic E-state index is 10.6. The molecule has 1 rings (SSSR count). The third-order valence-corrected chi connectivity index (χ3v) is 2.01.